The fourth-order valence-corrected chi connectivity index (χ4v) is 2.47. The molecule has 1 aliphatic rings. The Labute approximate surface area is 120 Å². The van der Waals surface area contributed by atoms with Gasteiger partial charge in [0, 0.05) is 24.7 Å². The van der Waals surface area contributed by atoms with E-state index in [0.717, 1.165) is 24.6 Å². The zero-order chi connectivity index (χ0) is 15.4. The Kier molecular flexibility index (Phi) is 4.72. The first-order chi connectivity index (χ1) is 9.97. The largest absolute Gasteiger partial charge is 0.481 e. The summed E-state index contributed by atoms with van der Waals surface area (Å²) in [5, 5.41) is 11.3. The number of carboxylic acids is 1. The maximum absolute atomic E-state index is 13.4. The average Bonchev–Trinajstić information content (AvgIpc) is 2.86. The van der Waals surface area contributed by atoms with Crippen LogP contribution in [0.15, 0.2) is 18.2 Å². The van der Waals surface area contributed by atoms with Crippen molar-refractivity contribution in [3.8, 4) is 0 Å². The van der Waals surface area contributed by atoms with Crippen LogP contribution in [-0.2, 0) is 11.3 Å². The van der Waals surface area contributed by atoms with Crippen LogP contribution >= 0.6 is 0 Å². The maximum Gasteiger partial charge on any atom is 0.317 e. The second-order valence-corrected chi connectivity index (χ2v) is 4.98. The average molecular weight is 298 g/mol. The van der Waals surface area contributed by atoms with E-state index in [0.29, 0.717) is 13.0 Å². The number of nitrogens with zero attached hydrogens (tertiary/aromatic N) is 1. The van der Waals surface area contributed by atoms with Gasteiger partial charge in [0.1, 0.15) is 11.6 Å². The SMILES string of the molecule is O=C(O)CC1CCCN1C(=O)NCc1cc(F)ccc1F. The minimum absolute atomic E-state index is 0.0531. The summed E-state index contributed by atoms with van der Waals surface area (Å²) in [5.74, 6) is -2.14. The predicted octanol–water partition coefficient (Wildman–Crippen LogP) is 2.11. The molecule has 2 N–H and O–H groups in total. The van der Waals surface area contributed by atoms with E-state index in [2.05, 4.69) is 5.32 Å². The van der Waals surface area contributed by atoms with Gasteiger partial charge in [0.2, 0.25) is 0 Å². The minimum Gasteiger partial charge on any atom is -0.481 e. The van der Waals surface area contributed by atoms with Crippen molar-refractivity contribution in [2.45, 2.75) is 31.8 Å². The van der Waals surface area contributed by atoms with E-state index in [9.17, 15) is 18.4 Å². The molecule has 0 saturated carbocycles. The molecule has 114 valence electrons. The summed E-state index contributed by atoms with van der Waals surface area (Å²) in [6.07, 6.45) is 1.26. The highest BCUT2D eigenvalue weighted by atomic mass is 19.1. The number of benzene rings is 1. The van der Waals surface area contributed by atoms with Crippen LogP contribution in [-0.4, -0.2) is 34.6 Å². The first-order valence-corrected chi connectivity index (χ1v) is 6.67. The van der Waals surface area contributed by atoms with Crippen LogP contribution in [0.2, 0.25) is 0 Å². The maximum atomic E-state index is 13.4. The highest BCUT2D eigenvalue weighted by Gasteiger charge is 2.30. The summed E-state index contributed by atoms with van der Waals surface area (Å²) in [7, 11) is 0. The number of carbonyl (C=O) groups excluding carboxylic acids is 1. The summed E-state index contributed by atoms with van der Waals surface area (Å²) >= 11 is 0. The standard InChI is InChI=1S/C14H16F2N2O3/c15-10-3-4-12(16)9(6-10)8-17-14(21)18-5-1-2-11(18)7-13(19)20/h3-4,6,11H,1-2,5,7-8H2,(H,17,21)(H,19,20). The molecule has 0 spiro atoms. The quantitative estimate of drug-likeness (QED) is 0.894. The van der Waals surface area contributed by atoms with E-state index in [4.69, 9.17) is 5.11 Å². The number of urea groups is 1. The molecule has 0 bridgehead atoms. The molecular weight excluding hydrogens is 282 g/mol. The Morgan fingerprint density at radius 3 is 2.86 bits per heavy atom. The second kappa shape index (κ2) is 6.51. The summed E-state index contributed by atoms with van der Waals surface area (Å²) < 4.78 is 26.5. The molecular formula is C14H16F2N2O3. The molecule has 1 aliphatic heterocycles. The van der Waals surface area contributed by atoms with Gasteiger partial charge in [-0.2, -0.15) is 0 Å². The molecule has 0 radical (unpaired) electrons. The first kappa shape index (κ1) is 15.2. The molecule has 2 amide bonds. The monoisotopic (exact) mass is 298 g/mol. The lowest BCUT2D eigenvalue weighted by molar-refractivity contribution is -0.137. The van der Waals surface area contributed by atoms with Crippen molar-refractivity contribution >= 4 is 12.0 Å². The van der Waals surface area contributed by atoms with Crippen molar-refractivity contribution < 1.29 is 23.5 Å². The van der Waals surface area contributed by atoms with Crippen LogP contribution in [0.4, 0.5) is 13.6 Å². The second-order valence-electron chi connectivity index (χ2n) is 4.98. The number of carboxylic acid groups (broad SMARTS) is 1. The van der Waals surface area contributed by atoms with Gasteiger partial charge < -0.3 is 15.3 Å². The van der Waals surface area contributed by atoms with E-state index in [1.54, 1.807) is 0 Å². The van der Waals surface area contributed by atoms with Crippen molar-refractivity contribution in [3.05, 3.63) is 35.4 Å². The fraction of sp³-hybridized carbons (Fsp3) is 0.429. The van der Waals surface area contributed by atoms with Gasteiger partial charge in [-0.3, -0.25) is 4.79 Å². The molecule has 7 heteroatoms. The number of carbonyl (C=O) groups is 2. The van der Waals surface area contributed by atoms with E-state index in [1.165, 1.54) is 4.90 Å². The molecule has 5 nitrogen and oxygen atoms in total. The van der Waals surface area contributed by atoms with Crippen molar-refractivity contribution in [1.82, 2.24) is 10.2 Å². The van der Waals surface area contributed by atoms with Crippen molar-refractivity contribution in [2.75, 3.05) is 6.54 Å². The fourth-order valence-electron chi connectivity index (χ4n) is 2.47. The Balaban J connectivity index is 1.95. The number of nitrogens with one attached hydrogen (secondary N) is 1. The van der Waals surface area contributed by atoms with Gasteiger partial charge in [0.25, 0.3) is 0 Å². The minimum atomic E-state index is -0.962. The molecule has 2 rings (SSSR count). The van der Waals surface area contributed by atoms with E-state index >= 15 is 0 Å². The molecule has 1 saturated heterocycles. The van der Waals surface area contributed by atoms with Gasteiger partial charge in [-0.1, -0.05) is 0 Å². The number of hydrogen-bond acceptors (Lipinski definition) is 2. The number of likely N-dealkylation sites (tertiary alicyclic amines) is 1. The van der Waals surface area contributed by atoms with Gasteiger partial charge in [-0.15, -0.1) is 0 Å². The lowest BCUT2D eigenvalue weighted by atomic mass is 10.1. The summed E-state index contributed by atoms with van der Waals surface area (Å²) in [4.78, 5) is 24.2. The van der Waals surface area contributed by atoms with Crippen LogP contribution in [0.5, 0.6) is 0 Å². The van der Waals surface area contributed by atoms with Crippen LogP contribution in [0.1, 0.15) is 24.8 Å². The van der Waals surface area contributed by atoms with Crippen molar-refractivity contribution in [3.63, 3.8) is 0 Å². The van der Waals surface area contributed by atoms with Crippen LogP contribution in [0, 0.1) is 11.6 Å². The highest BCUT2D eigenvalue weighted by molar-refractivity contribution is 5.76. The molecule has 21 heavy (non-hydrogen) atoms. The van der Waals surface area contributed by atoms with E-state index < -0.39 is 23.6 Å². The van der Waals surface area contributed by atoms with E-state index in [1.807, 2.05) is 0 Å². The Hall–Kier alpha value is -2.18. The Morgan fingerprint density at radius 2 is 2.14 bits per heavy atom. The number of hydrogen-bond donors (Lipinski definition) is 2. The lowest BCUT2D eigenvalue weighted by Gasteiger charge is -2.23. The third kappa shape index (κ3) is 3.90. The summed E-state index contributed by atoms with van der Waals surface area (Å²) in [6, 6.07) is 2.22. The number of halogens is 2. The molecule has 1 unspecified atom stereocenters. The first-order valence-electron chi connectivity index (χ1n) is 6.67. The smallest absolute Gasteiger partial charge is 0.317 e. The van der Waals surface area contributed by atoms with Crippen LogP contribution in [0.3, 0.4) is 0 Å². The third-order valence-corrected chi connectivity index (χ3v) is 3.49. The number of rotatable bonds is 4. The normalized spacial score (nSPS) is 17.8. The molecule has 1 aromatic rings. The number of aliphatic carboxylic acids is 1. The van der Waals surface area contributed by atoms with Gasteiger partial charge in [-0.25, -0.2) is 13.6 Å². The molecule has 1 fully saturated rings. The summed E-state index contributed by atoms with van der Waals surface area (Å²) in [5.41, 5.74) is 0.0531. The van der Waals surface area contributed by atoms with Crippen molar-refractivity contribution in [1.29, 1.82) is 0 Å². The Bertz CT molecular complexity index is 551. The topological polar surface area (TPSA) is 69.6 Å². The summed E-state index contributed by atoms with van der Waals surface area (Å²) in [6.45, 7) is 0.328. The number of amides is 2. The van der Waals surface area contributed by atoms with Crippen molar-refractivity contribution in [2.24, 2.45) is 0 Å². The highest BCUT2D eigenvalue weighted by Crippen LogP contribution is 2.20. The van der Waals surface area contributed by atoms with E-state index in [-0.39, 0.29) is 24.6 Å². The molecule has 1 heterocycles. The zero-order valence-corrected chi connectivity index (χ0v) is 11.3. The molecule has 0 aromatic heterocycles. The van der Waals surface area contributed by atoms with Gasteiger partial charge in [0.05, 0.1) is 6.42 Å². The molecule has 0 aliphatic carbocycles. The Morgan fingerprint density at radius 1 is 1.38 bits per heavy atom. The van der Waals surface area contributed by atoms with Crippen LogP contribution in [0.25, 0.3) is 0 Å². The molecule has 1 atom stereocenters. The van der Waals surface area contributed by atoms with Gasteiger partial charge >= 0.3 is 12.0 Å². The van der Waals surface area contributed by atoms with Gasteiger partial charge in [-0.05, 0) is 31.0 Å². The lowest BCUT2D eigenvalue weighted by Crippen LogP contribution is -2.43. The molecule has 1 aromatic carbocycles. The van der Waals surface area contributed by atoms with Crippen LogP contribution < -0.4 is 5.32 Å². The zero-order valence-electron chi connectivity index (χ0n) is 11.3. The predicted molar refractivity (Wildman–Crippen MR) is 70.6 cm³/mol. The third-order valence-electron chi connectivity index (χ3n) is 3.49. The van der Waals surface area contributed by atoms with Gasteiger partial charge in [0.15, 0.2) is 0 Å².